The van der Waals surface area contributed by atoms with Gasteiger partial charge in [0, 0.05) is 25.0 Å². The molecule has 0 radical (unpaired) electrons. The minimum Gasteiger partial charge on any atom is -0.355 e. The molecule has 108 valence electrons. The van der Waals surface area contributed by atoms with E-state index >= 15 is 0 Å². The van der Waals surface area contributed by atoms with Crippen molar-refractivity contribution in [2.75, 3.05) is 13.1 Å². The van der Waals surface area contributed by atoms with E-state index in [1.165, 1.54) is 44.9 Å². The highest BCUT2D eigenvalue weighted by molar-refractivity contribution is 5.78. The van der Waals surface area contributed by atoms with Gasteiger partial charge in [-0.25, -0.2) is 0 Å². The van der Waals surface area contributed by atoms with E-state index in [4.69, 9.17) is 0 Å². The molecule has 0 aromatic heterocycles. The average molecular weight is 264 g/mol. The molecule has 0 heterocycles. The summed E-state index contributed by atoms with van der Waals surface area (Å²) in [6.07, 6.45) is 11.8. The number of nitrogens with one attached hydrogen (secondary N) is 2. The van der Waals surface area contributed by atoms with Gasteiger partial charge in [0.2, 0.25) is 5.91 Å². The molecular weight excluding hydrogens is 236 g/mol. The lowest BCUT2D eigenvalue weighted by Gasteiger charge is -2.38. The summed E-state index contributed by atoms with van der Waals surface area (Å²) in [5, 5.41) is 6.58. The summed E-state index contributed by atoms with van der Waals surface area (Å²) in [5.41, 5.74) is 0. The number of fused-ring (bicyclic) bond motifs is 1. The first-order valence-electron chi connectivity index (χ1n) is 8.34. The second-order valence-electron chi connectivity index (χ2n) is 6.83. The molecule has 0 aliphatic heterocycles. The minimum absolute atomic E-state index is 0.306. The number of hydrogen-bond acceptors (Lipinski definition) is 2. The van der Waals surface area contributed by atoms with Gasteiger partial charge in [0.1, 0.15) is 0 Å². The Balaban J connectivity index is 1.37. The summed E-state index contributed by atoms with van der Waals surface area (Å²) in [7, 11) is 0. The summed E-state index contributed by atoms with van der Waals surface area (Å²) in [5.74, 6) is 2.42. The molecule has 1 amide bonds. The number of carbonyl (C=O) groups is 1. The lowest BCUT2D eigenvalue weighted by molar-refractivity contribution is -0.127. The third kappa shape index (κ3) is 3.71. The maximum absolute atomic E-state index is 12.2. The third-order valence-electron chi connectivity index (χ3n) is 5.35. The van der Waals surface area contributed by atoms with Crippen molar-refractivity contribution in [1.82, 2.24) is 10.6 Å². The molecule has 0 saturated heterocycles. The van der Waals surface area contributed by atoms with Crippen LogP contribution in [0.2, 0.25) is 0 Å². The van der Waals surface area contributed by atoms with E-state index in [0.29, 0.717) is 11.8 Å². The van der Waals surface area contributed by atoms with E-state index in [2.05, 4.69) is 10.6 Å². The lowest BCUT2D eigenvalue weighted by atomic mass is 9.67. The van der Waals surface area contributed by atoms with E-state index in [-0.39, 0.29) is 0 Å². The van der Waals surface area contributed by atoms with Crippen LogP contribution < -0.4 is 10.6 Å². The molecule has 3 atom stereocenters. The average Bonchev–Trinajstić information content (AvgIpc) is 3.27. The summed E-state index contributed by atoms with van der Waals surface area (Å²) >= 11 is 0. The largest absolute Gasteiger partial charge is 0.355 e. The topological polar surface area (TPSA) is 41.1 Å². The fraction of sp³-hybridized carbons (Fsp3) is 0.938. The van der Waals surface area contributed by atoms with Gasteiger partial charge in [-0.3, -0.25) is 4.79 Å². The molecule has 2 N–H and O–H groups in total. The van der Waals surface area contributed by atoms with Crippen molar-refractivity contribution in [3.8, 4) is 0 Å². The van der Waals surface area contributed by atoms with Crippen molar-refractivity contribution in [3.05, 3.63) is 0 Å². The Morgan fingerprint density at radius 3 is 2.47 bits per heavy atom. The van der Waals surface area contributed by atoms with Gasteiger partial charge in [-0.1, -0.05) is 25.7 Å². The molecule has 3 heteroatoms. The van der Waals surface area contributed by atoms with Crippen LogP contribution in [0.3, 0.4) is 0 Å². The smallest absolute Gasteiger partial charge is 0.223 e. The van der Waals surface area contributed by atoms with Crippen LogP contribution in [0.1, 0.15) is 57.8 Å². The predicted octanol–water partition coefficient (Wildman–Crippen LogP) is 2.46. The third-order valence-corrected chi connectivity index (χ3v) is 5.35. The van der Waals surface area contributed by atoms with Crippen LogP contribution in [0, 0.1) is 17.8 Å². The molecule has 3 aliphatic carbocycles. The zero-order valence-corrected chi connectivity index (χ0v) is 12.0. The number of amides is 1. The van der Waals surface area contributed by atoms with Crippen molar-refractivity contribution in [2.24, 2.45) is 17.8 Å². The molecule has 3 aliphatic rings. The fourth-order valence-electron chi connectivity index (χ4n) is 4.01. The summed E-state index contributed by atoms with van der Waals surface area (Å²) in [4.78, 5) is 12.2. The first-order chi connectivity index (χ1) is 9.33. The summed E-state index contributed by atoms with van der Waals surface area (Å²) in [6, 6.07) is 0.745. The number of hydrogen-bond donors (Lipinski definition) is 2. The monoisotopic (exact) mass is 264 g/mol. The lowest BCUT2D eigenvalue weighted by Crippen LogP contribution is -2.40. The van der Waals surface area contributed by atoms with Gasteiger partial charge >= 0.3 is 0 Å². The fourth-order valence-corrected chi connectivity index (χ4v) is 4.01. The number of rotatable bonds is 5. The number of carbonyl (C=O) groups excluding carboxylic acids is 1. The van der Waals surface area contributed by atoms with E-state index in [9.17, 15) is 4.79 Å². The molecule has 0 aromatic carbocycles. The van der Waals surface area contributed by atoms with Gasteiger partial charge in [0.05, 0.1) is 0 Å². The summed E-state index contributed by atoms with van der Waals surface area (Å²) in [6.45, 7) is 1.75. The molecular formula is C16H28N2O. The zero-order chi connectivity index (χ0) is 13.1. The second kappa shape index (κ2) is 6.25. The van der Waals surface area contributed by atoms with Crippen LogP contribution in [-0.4, -0.2) is 25.0 Å². The molecule has 3 saturated carbocycles. The molecule has 19 heavy (non-hydrogen) atoms. The zero-order valence-electron chi connectivity index (χ0n) is 12.0. The highest BCUT2D eigenvalue weighted by atomic mass is 16.1. The Hall–Kier alpha value is -0.570. The highest BCUT2D eigenvalue weighted by Crippen LogP contribution is 2.42. The van der Waals surface area contributed by atoms with Crippen LogP contribution in [0.15, 0.2) is 0 Å². The van der Waals surface area contributed by atoms with Crippen molar-refractivity contribution in [2.45, 2.75) is 63.8 Å². The van der Waals surface area contributed by atoms with E-state index in [1.54, 1.807) is 0 Å². The Labute approximate surface area is 116 Å². The molecule has 3 unspecified atom stereocenters. The van der Waals surface area contributed by atoms with E-state index in [0.717, 1.165) is 43.8 Å². The second-order valence-corrected chi connectivity index (χ2v) is 6.83. The highest BCUT2D eigenvalue weighted by Gasteiger charge is 2.34. The van der Waals surface area contributed by atoms with Gasteiger partial charge in [0.15, 0.2) is 0 Å². The Bertz CT molecular complexity index is 314. The van der Waals surface area contributed by atoms with Crippen LogP contribution >= 0.6 is 0 Å². The first-order valence-corrected chi connectivity index (χ1v) is 8.34. The molecule has 0 spiro atoms. The predicted molar refractivity (Wildman–Crippen MR) is 76.8 cm³/mol. The Kier molecular flexibility index (Phi) is 4.42. The van der Waals surface area contributed by atoms with E-state index < -0.39 is 0 Å². The van der Waals surface area contributed by atoms with Crippen LogP contribution in [-0.2, 0) is 4.79 Å². The quantitative estimate of drug-likeness (QED) is 0.749. The summed E-state index contributed by atoms with van der Waals surface area (Å²) < 4.78 is 0. The normalized spacial score (nSPS) is 34.6. The van der Waals surface area contributed by atoms with Crippen molar-refractivity contribution in [3.63, 3.8) is 0 Å². The molecule has 0 aromatic rings. The molecule has 3 rings (SSSR count). The van der Waals surface area contributed by atoms with Gasteiger partial charge in [-0.05, 0) is 43.9 Å². The van der Waals surface area contributed by atoms with Crippen LogP contribution in [0.5, 0.6) is 0 Å². The Morgan fingerprint density at radius 2 is 1.68 bits per heavy atom. The van der Waals surface area contributed by atoms with Crippen molar-refractivity contribution in [1.29, 1.82) is 0 Å². The minimum atomic E-state index is 0.306. The maximum atomic E-state index is 12.2. The van der Waals surface area contributed by atoms with Gasteiger partial charge in [-0.15, -0.1) is 0 Å². The molecule has 3 fully saturated rings. The van der Waals surface area contributed by atoms with E-state index in [1.807, 2.05) is 0 Å². The maximum Gasteiger partial charge on any atom is 0.223 e. The Morgan fingerprint density at radius 1 is 0.895 bits per heavy atom. The van der Waals surface area contributed by atoms with Crippen LogP contribution in [0.4, 0.5) is 0 Å². The standard InChI is InChI=1S/C16H28N2O/c19-16(18-10-9-17-15-7-8-15)14-6-5-12-3-1-2-4-13(12)11-14/h12-15,17H,1-11H2,(H,18,19). The van der Waals surface area contributed by atoms with Gasteiger partial charge in [0.25, 0.3) is 0 Å². The molecule has 0 bridgehead atoms. The first kappa shape index (κ1) is 13.4. The van der Waals surface area contributed by atoms with Crippen molar-refractivity contribution >= 4 is 5.91 Å². The van der Waals surface area contributed by atoms with Crippen LogP contribution in [0.25, 0.3) is 0 Å². The molecule has 3 nitrogen and oxygen atoms in total. The van der Waals surface area contributed by atoms with Crippen molar-refractivity contribution < 1.29 is 4.79 Å². The SMILES string of the molecule is O=C(NCCNC1CC1)C1CCC2CCCCC2C1. The van der Waals surface area contributed by atoms with Gasteiger partial charge < -0.3 is 10.6 Å². The van der Waals surface area contributed by atoms with Gasteiger partial charge in [-0.2, -0.15) is 0 Å².